The minimum Gasteiger partial charge on any atom is -0.301 e. The predicted octanol–water partition coefficient (Wildman–Crippen LogP) is 2.96. The van der Waals surface area contributed by atoms with Gasteiger partial charge in [0.25, 0.3) is 0 Å². The number of hydrogen-bond donors (Lipinski definition) is 1. The van der Waals surface area contributed by atoms with E-state index in [4.69, 9.17) is 0 Å². The van der Waals surface area contributed by atoms with Gasteiger partial charge in [-0.2, -0.15) is 0 Å². The summed E-state index contributed by atoms with van der Waals surface area (Å²) in [5.41, 5.74) is 4.28. The standard InChI is InChI=1S/C17H20N2/c1-18-17-16-10-6-5-9-15(16)11-12-19(17)13-14-7-3-2-4-8-14/h2-10,17-18H,11-13H2,1H3. The maximum atomic E-state index is 3.46. The second-order valence-electron chi connectivity index (χ2n) is 5.10. The largest absolute Gasteiger partial charge is 0.301 e. The van der Waals surface area contributed by atoms with E-state index < -0.39 is 0 Å². The fourth-order valence-electron chi connectivity index (χ4n) is 2.94. The van der Waals surface area contributed by atoms with Gasteiger partial charge < -0.3 is 5.32 Å². The van der Waals surface area contributed by atoms with Gasteiger partial charge in [0.05, 0.1) is 6.17 Å². The van der Waals surface area contributed by atoms with Gasteiger partial charge in [0.15, 0.2) is 0 Å². The van der Waals surface area contributed by atoms with Crippen LogP contribution in [0.4, 0.5) is 0 Å². The highest BCUT2D eigenvalue weighted by Crippen LogP contribution is 2.28. The zero-order valence-electron chi connectivity index (χ0n) is 11.3. The Morgan fingerprint density at radius 1 is 1.05 bits per heavy atom. The van der Waals surface area contributed by atoms with Gasteiger partial charge in [-0.3, -0.25) is 4.90 Å². The van der Waals surface area contributed by atoms with Crippen molar-refractivity contribution in [2.75, 3.05) is 13.6 Å². The molecule has 1 aliphatic heterocycles. The summed E-state index contributed by atoms with van der Waals surface area (Å²) in [4.78, 5) is 2.51. The Morgan fingerprint density at radius 3 is 2.58 bits per heavy atom. The van der Waals surface area contributed by atoms with Crippen molar-refractivity contribution in [1.82, 2.24) is 10.2 Å². The number of benzene rings is 2. The molecule has 98 valence electrons. The Labute approximate surface area is 115 Å². The Balaban J connectivity index is 1.84. The molecule has 0 saturated carbocycles. The minimum absolute atomic E-state index is 0.324. The van der Waals surface area contributed by atoms with Crippen LogP contribution in [-0.4, -0.2) is 18.5 Å². The molecule has 3 rings (SSSR count). The summed E-state index contributed by atoms with van der Waals surface area (Å²) in [6.45, 7) is 2.11. The molecule has 0 spiro atoms. The molecule has 1 heterocycles. The van der Waals surface area contributed by atoms with E-state index in [0.717, 1.165) is 19.5 Å². The SMILES string of the molecule is CNC1c2ccccc2CCN1Cc1ccccc1. The summed E-state index contributed by atoms with van der Waals surface area (Å²) in [6.07, 6.45) is 1.46. The maximum Gasteiger partial charge on any atom is 0.0864 e. The lowest BCUT2D eigenvalue weighted by molar-refractivity contribution is 0.153. The van der Waals surface area contributed by atoms with Gasteiger partial charge >= 0.3 is 0 Å². The van der Waals surface area contributed by atoms with Crippen molar-refractivity contribution < 1.29 is 0 Å². The number of nitrogens with one attached hydrogen (secondary N) is 1. The van der Waals surface area contributed by atoms with Gasteiger partial charge in [-0.1, -0.05) is 54.6 Å². The van der Waals surface area contributed by atoms with E-state index >= 15 is 0 Å². The third-order valence-corrected chi connectivity index (χ3v) is 3.89. The van der Waals surface area contributed by atoms with Crippen LogP contribution in [0.5, 0.6) is 0 Å². The van der Waals surface area contributed by atoms with Gasteiger partial charge in [-0.25, -0.2) is 0 Å². The fraction of sp³-hybridized carbons (Fsp3) is 0.294. The molecule has 0 fully saturated rings. The smallest absolute Gasteiger partial charge is 0.0864 e. The van der Waals surface area contributed by atoms with E-state index in [1.165, 1.54) is 16.7 Å². The molecular weight excluding hydrogens is 232 g/mol. The van der Waals surface area contributed by atoms with Crippen molar-refractivity contribution >= 4 is 0 Å². The van der Waals surface area contributed by atoms with Gasteiger partial charge in [-0.05, 0) is 30.2 Å². The Morgan fingerprint density at radius 2 is 1.79 bits per heavy atom. The lowest BCUT2D eigenvalue weighted by Crippen LogP contribution is -2.41. The molecule has 0 saturated heterocycles. The van der Waals surface area contributed by atoms with Crippen LogP contribution in [0.3, 0.4) is 0 Å². The lowest BCUT2D eigenvalue weighted by atomic mass is 9.96. The fourth-order valence-corrected chi connectivity index (χ4v) is 2.94. The number of hydrogen-bond acceptors (Lipinski definition) is 2. The Kier molecular flexibility index (Phi) is 3.62. The Hall–Kier alpha value is -1.64. The third kappa shape index (κ3) is 2.55. The highest BCUT2D eigenvalue weighted by atomic mass is 15.3. The van der Waals surface area contributed by atoms with Crippen LogP contribution in [0.1, 0.15) is 22.9 Å². The number of rotatable bonds is 3. The van der Waals surface area contributed by atoms with E-state index in [0.29, 0.717) is 6.17 Å². The molecule has 1 N–H and O–H groups in total. The number of fused-ring (bicyclic) bond motifs is 1. The normalized spacial score (nSPS) is 19.1. The molecule has 0 aromatic heterocycles. The summed E-state index contributed by atoms with van der Waals surface area (Å²) in [7, 11) is 2.05. The van der Waals surface area contributed by atoms with Gasteiger partial charge in [0, 0.05) is 13.1 Å². The highest BCUT2D eigenvalue weighted by molar-refractivity contribution is 5.32. The van der Waals surface area contributed by atoms with Crippen LogP contribution in [0.2, 0.25) is 0 Å². The second-order valence-corrected chi connectivity index (χ2v) is 5.10. The molecule has 0 aliphatic carbocycles. The summed E-state index contributed by atoms with van der Waals surface area (Å²) in [5, 5.41) is 3.46. The molecule has 2 heteroatoms. The monoisotopic (exact) mass is 252 g/mol. The van der Waals surface area contributed by atoms with E-state index in [2.05, 4.69) is 64.8 Å². The van der Waals surface area contributed by atoms with Crippen LogP contribution in [0.15, 0.2) is 54.6 Å². The van der Waals surface area contributed by atoms with E-state index in [9.17, 15) is 0 Å². The van der Waals surface area contributed by atoms with E-state index in [-0.39, 0.29) is 0 Å². The molecule has 2 nitrogen and oxygen atoms in total. The predicted molar refractivity (Wildman–Crippen MR) is 78.8 cm³/mol. The van der Waals surface area contributed by atoms with Crippen molar-refractivity contribution in [3.8, 4) is 0 Å². The van der Waals surface area contributed by atoms with Gasteiger partial charge in [0.1, 0.15) is 0 Å². The molecule has 1 aliphatic rings. The van der Waals surface area contributed by atoms with E-state index in [1.54, 1.807) is 0 Å². The number of nitrogens with zero attached hydrogens (tertiary/aromatic N) is 1. The van der Waals surface area contributed by atoms with Crippen molar-refractivity contribution in [3.05, 3.63) is 71.3 Å². The first kappa shape index (κ1) is 12.4. The molecular formula is C17H20N2. The first-order chi connectivity index (χ1) is 9.38. The highest BCUT2D eigenvalue weighted by Gasteiger charge is 2.25. The molecule has 0 radical (unpaired) electrons. The van der Waals surface area contributed by atoms with Crippen LogP contribution >= 0.6 is 0 Å². The van der Waals surface area contributed by atoms with Crippen molar-refractivity contribution in [3.63, 3.8) is 0 Å². The quantitative estimate of drug-likeness (QED) is 0.903. The summed E-state index contributed by atoms with van der Waals surface area (Å²) < 4.78 is 0. The van der Waals surface area contributed by atoms with Crippen LogP contribution in [0.25, 0.3) is 0 Å². The summed E-state index contributed by atoms with van der Waals surface area (Å²) in [6, 6.07) is 19.5. The Bertz CT molecular complexity index is 536. The molecule has 2 aromatic rings. The van der Waals surface area contributed by atoms with Gasteiger partial charge in [0.2, 0.25) is 0 Å². The first-order valence-electron chi connectivity index (χ1n) is 6.91. The van der Waals surface area contributed by atoms with Crippen LogP contribution in [-0.2, 0) is 13.0 Å². The topological polar surface area (TPSA) is 15.3 Å². The average molecular weight is 252 g/mol. The second kappa shape index (κ2) is 5.55. The third-order valence-electron chi connectivity index (χ3n) is 3.89. The molecule has 19 heavy (non-hydrogen) atoms. The van der Waals surface area contributed by atoms with Gasteiger partial charge in [-0.15, -0.1) is 0 Å². The van der Waals surface area contributed by atoms with Crippen LogP contribution < -0.4 is 5.32 Å². The molecule has 0 bridgehead atoms. The van der Waals surface area contributed by atoms with Crippen molar-refractivity contribution in [2.45, 2.75) is 19.1 Å². The summed E-state index contributed by atoms with van der Waals surface area (Å²) in [5.74, 6) is 0. The van der Waals surface area contributed by atoms with Crippen LogP contribution in [0, 0.1) is 0 Å². The average Bonchev–Trinajstić information content (AvgIpc) is 2.48. The molecule has 1 unspecified atom stereocenters. The minimum atomic E-state index is 0.324. The molecule has 0 amide bonds. The van der Waals surface area contributed by atoms with E-state index in [1.807, 2.05) is 7.05 Å². The molecule has 2 aromatic carbocycles. The zero-order valence-corrected chi connectivity index (χ0v) is 11.3. The first-order valence-corrected chi connectivity index (χ1v) is 6.91. The maximum absolute atomic E-state index is 3.46. The molecule has 1 atom stereocenters. The van der Waals surface area contributed by atoms with Crippen molar-refractivity contribution in [1.29, 1.82) is 0 Å². The van der Waals surface area contributed by atoms with Crippen molar-refractivity contribution in [2.24, 2.45) is 0 Å². The summed E-state index contributed by atoms with van der Waals surface area (Å²) >= 11 is 0. The lowest BCUT2D eigenvalue weighted by Gasteiger charge is -2.37. The zero-order chi connectivity index (χ0) is 13.1.